The van der Waals surface area contributed by atoms with Crippen molar-refractivity contribution in [1.82, 2.24) is 10.2 Å². The zero-order chi connectivity index (χ0) is 21.0. The third kappa shape index (κ3) is 5.68. The number of carbonyl (C=O) groups excluding carboxylic acids is 2. The van der Waals surface area contributed by atoms with Gasteiger partial charge in [-0.1, -0.05) is 6.07 Å². The van der Waals surface area contributed by atoms with Crippen molar-refractivity contribution in [2.24, 2.45) is 5.92 Å². The summed E-state index contributed by atoms with van der Waals surface area (Å²) >= 11 is 0. The van der Waals surface area contributed by atoms with E-state index in [1.54, 1.807) is 6.07 Å². The number of nitrogens with one attached hydrogen (secondary N) is 1. The number of hydrogen-bond acceptors (Lipinski definition) is 5. The van der Waals surface area contributed by atoms with E-state index in [-0.39, 0.29) is 31.0 Å². The van der Waals surface area contributed by atoms with Crippen LogP contribution in [-0.4, -0.2) is 56.0 Å². The summed E-state index contributed by atoms with van der Waals surface area (Å²) in [5.74, 6) is 0.834. The highest BCUT2D eigenvalue weighted by Gasteiger charge is 2.33. The van der Waals surface area contributed by atoms with E-state index in [0.717, 1.165) is 5.56 Å². The van der Waals surface area contributed by atoms with Crippen LogP contribution in [0.5, 0.6) is 11.5 Å². The van der Waals surface area contributed by atoms with Gasteiger partial charge in [-0.25, -0.2) is 4.79 Å². The molecule has 2 heterocycles. The molecule has 0 saturated carbocycles. The molecule has 29 heavy (non-hydrogen) atoms. The fourth-order valence-electron chi connectivity index (χ4n) is 3.30. The number of benzene rings is 1. The molecule has 2 aliphatic heterocycles. The van der Waals surface area contributed by atoms with E-state index >= 15 is 0 Å². The molecule has 1 fully saturated rings. The summed E-state index contributed by atoms with van der Waals surface area (Å²) < 4.78 is 51.7. The monoisotopic (exact) mass is 416 g/mol. The van der Waals surface area contributed by atoms with Crippen LogP contribution in [0.15, 0.2) is 18.2 Å². The Morgan fingerprint density at radius 3 is 2.52 bits per heavy atom. The highest BCUT2D eigenvalue weighted by Crippen LogP contribution is 2.32. The molecule has 0 unspecified atom stereocenters. The third-order valence-electron chi connectivity index (χ3n) is 4.91. The normalized spacial score (nSPS) is 18.1. The Bertz CT molecular complexity index is 748. The second kappa shape index (κ2) is 8.79. The Balaban J connectivity index is 1.47. The Hall–Kier alpha value is -2.65. The lowest BCUT2D eigenvalue weighted by Gasteiger charge is -2.31. The van der Waals surface area contributed by atoms with Crippen molar-refractivity contribution in [1.29, 1.82) is 0 Å². The molecule has 2 aliphatic rings. The number of alkyl halides is 3. The summed E-state index contributed by atoms with van der Waals surface area (Å²) in [4.78, 5) is 25.4. The topological polar surface area (TPSA) is 77.1 Å². The van der Waals surface area contributed by atoms with Crippen molar-refractivity contribution in [3.8, 4) is 11.5 Å². The first kappa shape index (κ1) is 21.1. The Morgan fingerprint density at radius 2 is 1.86 bits per heavy atom. The average Bonchev–Trinajstić information content (AvgIpc) is 2.71. The van der Waals surface area contributed by atoms with Gasteiger partial charge in [-0.15, -0.1) is 0 Å². The molecule has 1 atom stereocenters. The van der Waals surface area contributed by atoms with Crippen molar-refractivity contribution < 1.29 is 37.0 Å². The second-order valence-corrected chi connectivity index (χ2v) is 7.06. The van der Waals surface area contributed by atoms with Gasteiger partial charge in [-0.2, -0.15) is 13.2 Å². The Labute approximate surface area is 166 Å². The van der Waals surface area contributed by atoms with Gasteiger partial charge in [-0.3, -0.25) is 4.79 Å². The van der Waals surface area contributed by atoms with Gasteiger partial charge in [-0.05, 0) is 37.5 Å². The average molecular weight is 416 g/mol. The highest BCUT2D eigenvalue weighted by molar-refractivity contribution is 5.79. The van der Waals surface area contributed by atoms with E-state index in [1.165, 1.54) is 4.90 Å². The van der Waals surface area contributed by atoms with E-state index in [0.29, 0.717) is 37.6 Å². The van der Waals surface area contributed by atoms with Crippen molar-refractivity contribution in [2.75, 3.05) is 32.9 Å². The van der Waals surface area contributed by atoms with E-state index in [2.05, 4.69) is 10.1 Å². The number of likely N-dealkylation sites (tertiary alicyclic amines) is 1. The van der Waals surface area contributed by atoms with Gasteiger partial charge < -0.3 is 24.4 Å². The molecule has 2 amide bonds. The first-order chi connectivity index (χ1) is 13.7. The molecule has 1 aromatic carbocycles. The molecule has 0 spiro atoms. The Morgan fingerprint density at radius 1 is 1.21 bits per heavy atom. The van der Waals surface area contributed by atoms with Gasteiger partial charge in [0.15, 0.2) is 18.1 Å². The minimum Gasteiger partial charge on any atom is -0.486 e. The molecule has 3 rings (SSSR count). The number of ether oxygens (including phenoxy) is 3. The Kier molecular flexibility index (Phi) is 6.39. The predicted molar refractivity (Wildman–Crippen MR) is 95.7 cm³/mol. The zero-order valence-electron chi connectivity index (χ0n) is 16.0. The van der Waals surface area contributed by atoms with Crippen molar-refractivity contribution in [3.63, 3.8) is 0 Å². The smallest absolute Gasteiger partial charge is 0.422 e. The lowest BCUT2D eigenvalue weighted by atomic mass is 9.95. The first-order valence-electron chi connectivity index (χ1n) is 9.41. The van der Waals surface area contributed by atoms with Crippen LogP contribution < -0.4 is 14.8 Å². The van der Waals surface area contributed by atoms with Gasteiger partial charge in [0.25, 0.3) is 0 Å². The van der Waals surface area contributed by atoms with Crippen molar-refractivity contribution in [3.05, 3.63) is 23.8 Å². The number of piperidine rings is 1. The predicted octanol–water partition coefficient (Wildman–Crippen LogP) is 3.05. The van der Waals surface area contributed by atoms with Crippen LogP contribution in [0.1, 0.15) is 31.4 Å². The molecule has 0 aliphatic carbocycles. The minimum absolute atomic E-state index is 0.157. The second-order valence-electron chi connectivity index (χ2n) is 7.06. The SMILES string of the molecule is C[C@@H](NC(=O)C1CCN(C(=O)OCC(F)(F)F)CC1)c1ccc2c(c1)OCCO2. The molecular formula is C19H23F3N2O5. The molecule has 1 N–H and O–H groups in total. The summed E-state index contributed by atoms with van der Waals surface area (Å²) in [7, 11) is 0. The van der Waals surface area contributed by atoms with Crippen molar-refractivity contribution >= 4 is 12.0 Å². The standard InChI is InChI=1S/C19H23F3N2O5/c1-12(14-2-3-15-16(10-14)28-9-8-27-15)23-17(25)13-4-6-24(7-5-13)18(26)29-11-19(20,21)22/h2-3,10,12-13H,4-9,11H2,1H3,(H,23,25)/t12-/m1/s1. The first-order valence-corrected chi connectivity index (χ1v) is 9.41. The molecule has 1 saturated heterocycles. The van der Waals surface area contributed by atoms with E-state index in [9.17, 15) is 22.8 Å². The number of amides is 2. The highest BCUT2D eigenvalue weighted by atomic mass is 19.4. The number of rotatable bonds is 4. The van der Waals surface area contributed by atoms with Gasteiger partial charge in [0.2, 0.25) is 5.91 Å². The zero-order valence-corrected chi connectivity index (χ0v) is 16.0. The fraction of sp³-hybridized carbons (Fsp3) is 0.579. The lowest BCUT2D eigenvalue weighted by molar-refractivity contribution is -0.162. The van der Waals surface area contributed by atoms with Crippen LogP contribution in [0.3, 0.4) is 0 Å². The maximum Gasteiger partial charge on any atom is 0.422 e. The van der Waals surface area contributed by atoms with Gasteiger partial charge in [0, 0.05) is 19.0 Å². The third-order valence-corrected chi connectivity index (χ3v) is 4.91. The van der Waals surface area contributed by atoms with Crippen LogP contribution in [0.2, 0.25) is 0 Å². The summed E-state index contributed by atoms with van der Waals surface area (Å²) in [6.07, 6.45) is -4.84. The lowest BCUT2D eigenvalue weighted by Crippen LogP contribution is -2.44. The maximum atomic E-state index is 12.6. The molecule has 0 aromatic heterocycles. The fourth-order valence-corrected chi connectivity index (χ4v) is 3.30. The molecule has 160 valence electrons. The number of nitrogens with zero attached hydrogens (tertiary/aromatic N) is 1. The maximum absolute atomic E-state index is 12.6. The van der Waals surface area contributed by atoms with Crippen LogP contribution in [0.4, 0.5) is 18.0 Å². The molecule has 1 aromatic rings. The van der Waals surface area contributed by atoms with Gasteiger partial charge in [0.05, 0.1) is 6.04 Å². The minimum atomic E-state index is -4.56. The summed E-state index contributed by atoms with van der Waals surface area (Å²) in [5.41, 5.74) is 0.871. The quantitative estimate of drug-likeness (QED) is 0.817. The molecule has 10 heteroatoms. The largest absolute Gasteiger partial charge is 0.486 e. The van der Waals surface area contributed by atoms with Gasteiger partial charge >= 0.3 is 12.3 Å². The number of hydrogen-bond donors (Lipinski definition) is 1. The summed E-state index contributed by atoms with van der Waals surface area (Å²) in [6.45, 7) is 1.56. The summed E-state index contributed by atoms with van der Waals surface area (Å²) in [6, 6.07) is 5.24. The number of fused-ring (bicyclic) bond motifs is 1. The molecule has 0 radical (unpaired) electrons. The van der Waals surface area contributed by atoms with Crippen molar-refractivity contribution in [2.45, 2.75) is 32.0 Å². The number of carbonyl (C=O) groups is 2. The van der Waals surface area contributed by atoms with E-state index < -0.39 is 18.9 Å². The van der Waals surface area contributed by atoms with Crippen LogP contribution in [0, 0.1) is 5.92 Å². The van der Waals surface area contributed by atoms with E-state index in [4.69, 9.17) is 9.47 Å². The molecule has 0 bridgehead atoms. The van der Waals surface area contributed by atoms with E-state index in [1.807, 2.05) is 19.1 Å². The van der Waals surface area contributed by atoms with Gasteiger partial charge in [0.1, 0.15) is 13.2 Å². The van der Waals surface area contributed by atoms with Crippen LogP contribution in [-0.2, 0) is 9.53 Å². The molecular weight excluding hydrogens is 393 g/mol. The molecule has 7 nitrogen and oxygen atoms in total. The van der Waals surface area contributed by atoms with Crippen LogP contribution in [0.25, 0.3) is 0 Å². The summed E-state index contributed by atoms with van der Waals surface area (Å²) in [5, 5.41) is 2.94. The number of halogens is 3. The van der Waals surface area contributed by atoms with Crippen LogP contribution >= 0.6 is 0 Å².